The first-order valence-corrected chi connectivity index (χ1v) is 7.86. The first kappa shape index (κ1) is 15.7. The summed E-state index contributed by atoms with van der Waals surface area (Å²) >= 11 is 0. The van der Waals surface area contributed by atoms with Crippen LogP contribution in [0.5, 0.6) is 5.75 Å². The molecule has 0 aliphatic carbocycles. The number of aliphatic carboxylic acids is 1. The van der Waals surface area contributed by atoms with Crippen LogP contribution in [0, 0.1) is 11.7 Å². The second-order valence-electron chi connectivity index (χ2n) is 4.84. The molecule has 116 valence electrons. The Kier molecular flexibility index (Phi) is 4.48. The molecule has 21 heavy (non-hydrogen) atoms. The van der Waals surface area contributed by atoms with E-state index in [-0.39, 0.29) is 23.7 Å². The van der Waals surface area contributed by atoms with Crippen molar-refractivity contribution in [1.82, 2.24) is 4.31 Å². The number of sulfonamides is 1. The van der Waals surface area contributed by atoms with E-state index in [1.54, 1.807) is 0 Å². The smallest absolute Gasteiger partial charge is 0.307 e. The Balaban J connectivity index is 2.38. The lowest BCUT2D eigenvalue weighted by Gasteiger charge is -2.30. The van der Waals surface area contributed by atoms with Gasteiger partial charge in [-0.25, -0.2) is 12.8 Å². The van der Waals surface area contributed by atoms with Crippen LogP contribution >= 0.6 is 0 Å². The number of carbonyl (C=O) groups is 1. The van der Waals surface area contributed by atoms with Gasteiger partial charge in [0.25, 0.3) is 0 Å². The molecule has 1 aliphatic heterocycles. The summed E-state index contributed by atoms with van der Waals surface area (Å²) < 4.78 is 44.5. The number of hydrogen-bond donors (Lipinski definition) is 1. The lowest BCUT2D eigenvalue weighted by molar-refractivity contribution is -0.142. The maximum atomic E-state index is 13.4. The van der Waals surface area contributed by atoms with Crippen LogP contribution in [0.1, 0.15) is 12.8 Å². The number of methoxy groups -OCH3 is 1. The fraction of sp³-hybridized carbons (Fsp3) is 0.462. The Morgan fingerprint density at radius 2 is 2.19 bits per heavy atom. The van der Waals surface area contributed by atoms with Crippen LogP contribution in [0.4, 0.5) is 4.39 Å². The van der Waals surface area contributed by atoms with Gasteiger partial charge < -0.3 is 9.84 Å². The maximum Gasteiger partial charge on any atom is 0.307 e. The van der Waals surface area contributed by atoms with E-state index in [2.05, 4.69) is 0 Å². The molecule has 1 heterocycles. The maximum absolute atomic E-state index is 13.4. The summed E-state index contributed by atoms with van der Waals surface area (Å²) in [6.07, 6.45) is 0.884. The first-order valence-electron chi connectivity index (χ1n) is 6.42. The summed E-state index contributed by atoms with van der Waals surface area (Å²) in [5.41, 5.74) is 0. The third kappa shape index (κ3) is 3.16. The normalized spacial score (nSPS) is 20.2. The molecule has 1 aliphatic rings. The molecule has 0 unspecified atom stereocenters. The molecule has 1 fully saturated rings. The summed E-state index contributed by atoms with van der Waals surface area (Å²) in [4.78, 5) is 10.8. The van der Waals surface area contributed by atoms with Gasteiger partial charge in [0.05, 0.1) is 13.0 Å². The second-order valence-corrected chi connectivity index (χ2v) is 6.74. The van der Waals surface area contributed by atoms with Crippen molar-refractivity contribution in [2.45, 2.75) is 17.7 Å². The highest BCUT2D eigenvalue weighted by Gasteiger charge is 2.34. The molecule has 0 saturated carbocycles. The van der Waals surface area contributed by atoms with Crippen LogP contribution in [0.3, 0.4) is 0 Å². The zero-order chi connectivity index (χ0) is 15.6. The van der Waals surface area contributed by atoms with E-state index >= 15 is 0 Å². The number of nitrogens with zero attached hydrogens (tertiary/aromatic N) is 1. The molecule has 0 amide bonds. The van der Waals surface area contributed by atoms with Gasteiger partial charge in [-0.05, 0) is 31.0 Å². The average Bonchev–Trinajstić information content (AvgIpc) is 2.47. The number of ether oxygens (including phenoxy) is 1. The van der Waals surface area contributed by atoms with Crippen molar-refractivity contribution in [3.05, 3.63) is 24.0 Å². The molecule has 1 atom stereocenters. The van der Waals surface area contributed by atoms with Crippen molar-refractivity contribution in [2.75, 3.05) is 20.2 Å². The number of carboxylic acid groups (broad SMARTS) is 1. The van der Waals surface area contributed by atoms with E-state index in [0.717, 1.165) is 16.4 Å². The van der Waals surface area contributed by atoms with Crippen molar-refractivity contribution >= 4 is 16.0 Å². The van der Waals surface area contributed by atoms with Gasteiger partial charge in [-0.2, -0.15) is 4.31 Å². The molecule has 0 bridgehead atoms. The molecule has 1 aromatic carbocycles. The van der Waals surface area contributed by atoms with E-state index in [4.69, 9.17) is 9.84 Å². The van der Waals surface area contributed by atoms with Gasteiger partial charge in [-0.3, -0.25) is 4.79 Å². The van der Waals surface area contributed by atoms with Crippen LogP contribution in [-0.2, 0) is 14.8 Å². The van der Waals surface area contributed by atoms with Gasteiger partial charge in [0.15, 0.2) is 0 Å². The number of rotatable bonds is 4. The van der Waals surface area contributed by atoms with Crippen molar-refractivity contribution in [3.63, 3.8) is 0 Å². The van der Waals surface area contributed by atoms with E-state index in [0.29, 0.717) is 12.8 Å². The third-order valence-corrected chi connectivity index (χ3v) is 5.36. The fourth-order valence-corrected chi connectivity index (χ4v) is 4.04. The van der Waals surface area contributed by atoms with Gasteiger partial charge in [-0.1, -0.05) is 0 Å². The van der Waals surface area contributed by atoms with Gasteiger partial charge in [0, 0.05) is 13.1 Å². The highest BCUT2D eigenvalue weighted by molar-refractivity contribution is 7.89. The van der Waals surface area contributed by atoms with Gasteiger partial charge in [0.2, 0.25) is 10.0 Å². The summed E-state index contributed by atoms with van der Waals surface area (Å²) in [5.74, 6) is -2.43. The van der Waals surface area contributed by atoms with Crippen molar-refractivity contribution in [2.24, 2.45) is 5.92 Å². The van der Waals surface area contributed by atoms with Crippen LogP contribution < -0.4 is 4.74 Å². The molecule has 0 radical (unpaired) electrons. The minimum Gasteiger partial charge on any atom is -0.495 e. The topological polar surface area (TPSA) is 83.9 Å². The fourth-order valence-electron chi connectivity index (χ4n) is 2.35. The first-order chi connectivity index (χ1) is 9.86. The SMILES string of the molecule is COc1ccc(F)cc1S(=O)(=O)N1CCC[C@H](C(=O)O)C1. The Hall–Kier alpha value is -1.67. The predicted octanol–water partition coefficient (Wildman–Crippen LogP) is 1.32. The molecule has 1 aromatic rings. The van der Waals surface area contributed by atoms with E-state index in [1.165, 1.54) is 13.2 Å². The number of benzene rings is 1. The molecule has 1 saturated heterocycles. The summed E-state index contributed by atoms with van der Waals surface area (Å²) in [6.45, 7) is 0.100. The van der Waals surface area contributed by atoms with E-state index in [1.807, 2.05) is 0 Å². The van der Waals surface area contributed by atoms with Crippen molar-refractivity contribution in [1.29, 1.82) is 0 Å². The number of hydrogen-bond acceptors (Lipinski definition) is 4. The average molecular weight is 317 g/mol. The third-order valence-electron chi connectivity index (χ3n) is 3.48. The van der Waals surface area contributed by atoms with Crippen LogP contribution in [-0.4, -0.2) is 44.0 Å². The monoisotopic (exact) mass is 317 g/mol. The second kappa shape index (κ2) is 5.98. The zero-order valence-corrected chi connectivity index (χ0v) is 12.3. The van der Waals surface area contributed by atoms with E-state index < -0.39 is 27.7 Å². The molecule has 1 N–H and O–H groups in total. The Morgan fingerprint density at radius 3 is 2.81 bits per heavy atom. The predicted molar refractivity (Wildman–Crippen MR) is 72.1 cm³/mol. The van der Waals surface area contributed by atoms with Gasteiger partial charge >= 0.3 is 5.97 Å². The lowest BCUT2D eigenvalue weighted by Crippen LogP contribution is -2.42. The quantitative estimate of drug-likeness (QED) is 0.905. The van der Waals surface area contributed by atoms with Crippen molar-refractivity contribution < 1.29 is 27.4 Å². The zero-order valence-electron chi connectivity index (χ0n) is 11.5. The molecular weight excluding hydrogens is 301 g/mol. The molecule has 0 spiro atoms. The number of carboxylic acids is 1. The van der Waals surface area contributed by atoms with Gasteiger partial charge in [-0.15, -0.1) is 0 Å². The molecule has 2 rings (SSSR count). The highest BCUT2D eigenvalue weighted by Crippen LogP contribution is 2.30. The molecule has 0 aromatic heterocycles. The Bertz CT molecular complexity index is 646. The summed E-state index contributed by atoms with van der Waals surface area (Å²) in [7, 11) is -2.69. The van der Waals surface area contributed by atoms with Crippen molar-refractivity contribution in [3.8, 4) is 5.75 Å². The van der Waals surface area contributed by atoms with Gasteiger partial charge in [0.1, 0.15) is 16.5 Å². The largest absolute Gasteiger partial charge is 0.495 e. The number of halogens is 1. The minimum atomic E-state index is -3.99. The standard InChI is InChI=1S/C13H16FNO5S/c1-20-11-5-4-10(14)7-12(11)21(18,19)15-6-2-3-9(8-15)13(16)17/h4-5,7,9H,2-3,6,8H2,1H3,(H,16,17)/t9-/m0/s1. The minimum absolute atomic E-state index is 0.0360. The van der Waals surface area contributed by atoms with Crippen LogP contribution in [0.15, 0.2) is 23.1 Å². The Morgan fingerprint density at radius 1 is 1.48 bits per heavy atom. The van der Waals surface area contributed by atoms with E-state index in [9.17, 15) is 17.6 Å². The van der Waals surface area contributed by atoms with Crippen LogP contribution in [0.2, 0.25) is 0 Å². The highest BCUT2D eigenvalue weighted by atomic mass is 32.2. The summed E-state index contributed by atoms with van der Waals surface area (Å²) in [6, 6.07) is 3.23. The Labute approximate surface area is 122 Å². The van der Waals surface area contributed by atoms with Crippen LogP contribution in [0.25, 0.3) is 0 Å². The molecule has 6 nitrogen and oxygen atoms in total. The lowest BCUT2D eigenvalue weighted by atomic mass is 10.0. The molecular formula is C13H16FNO5S. The number of piperidine rings is 1. The molecule has 8 heteroatoms. The summed E-state index contributed by atoms with van der Waals surface area (Å²) in [5, 5.41) is 9.03.